The normalized spacial score (nSPS) is 20.8. The molecule has 0 bridgehead atoms. The summed E-state index contributed by atoms with van der Waals surface area (Å²) in [7, 11) is 0. The smallest absolute Gasteiger partial charge is 0.252 e. The summed E-state index contributed by atoms with van der Waals surface area (Å²) in [5, 5.41) is 6.75. The molecule has 2 heterocycles. The zero-order valence-electron chi connectivity index (χ0n) is 11.6. The van der Waals surface area contributed by atoms with Crippen molar-refractivity contribution in [3.8, 4) is 0 Å². The fourth-order valence-corrected chi connectivity index (χ4v) is 2.62. The maximum Gasteiger partial charge on any atom is 0.252 e. The molecule has 1 aliphatic rings. The molecule has 1 aliphatic heterocycles. The third kappa shape index (κ3) is 3.23. The number of carbonyl (C=O) groups excluding carboxylic acids is 1. The van der Waals surface area contributed by atoms with Crippen LogP contribution in [-0.4, -0.2) is 30.0 Å². The fraction of sp³-hybridized carbons (Fsp3) is 0.571. The maximum absolute atomic E-state index is 11.5. The van der Waals surface area contributed by atoms with Crippen molar-refractivity contribution in [3.63, 3.8) is 0 Å². The lowest BCUT2D eigenvalue weighted by atomic mass is 9.92. The van der Waals surface area contributed by atoms with Gasteiger partial charge < -0.3 is 16.4 Å². The van der Waals surface area contributed by atoms with E-state index in [2.05, 4.69) is 22.5 Å². The lowest BCUT2D eigenvalue weighted by molar-refractivity contribution is 0.1000. The van der Waals surface area contributed by atoms with E-state index < -0.39 is 5.91 Å². The second kappa shape index (κ2) is 6.02. The summed E-state index contributed by atoms with van der Waals surface area (Å²) in [5.74, 6) is 0.726. The monoisotopic (exact) mass is 262 g/mol. The van der Waals surface area contributed by atoms with Crippen LogP contribution in [0.2, 0.25) is 0 Å². The number of pyridine rings is 1. The Morgan fingerprint density at radius 1 is 1.63 bits per heavy atom. The van der Waals surface area contributed by atoms with Crippen molar-refractivity contribution in [2.24, 2.45) is 11.7 Å². The van der Waals surface area contributed by atoms with Crippen molar-refractivity contribution in [1.82, 2.24) is 10.3 Å². The van der Waals surface area contributed by atoms with Gasteiger partial charge in [-0.2, -0.15) is 0 Å². The van der Waals surface area contributed by atoms with Crippen molar-refractivity contribution in [2.45, 2.75) is 32.7 Å². The number of anilines is 1. The Morgan fingerprint density at radius 3 is 3.05 bits per heavy atom. The lowest BCUT2D eigenvalue weighted by Crippen LogP contribution is -2.39. The zero-order chi connectivity index (χ0) is 13.8. The van der Waals surface area contributed by atoms with Gasteiger partial charge in [0.15, 0.2) is 0 Å². The van der Waals surface area contributed by atoms with Gasteiger partial charge in [-0.15, -0.1) is 0 Å². The molecule has 19 heavy (non-hydrogen) atoms. The number of hydrogen-bond acceptors (Lipinski definition) is 4. The summed E-state index contributed by atoms with van der Waals surface area (Å²) in [6.07, 6.45) is 4.09. The van der Waals surface area contributed by atoms with Gasteiger partial charge >= 0.3 is 0 Å². The van der Waals surface area contributed by atoms with Crippen LogP contribution in [0.15, 0.2) is 12.3 Å². The summed E-state index contributed by atoms with van der Waals surface area (Å²) in [5.41, 5.74) is 6.80. The molecule has 2 atom stereocenters. The van der Waals surface area contributed by atoms with Gasteiger partial charge in [0.2, 0.25) is 0 Å². The Hall–Kier alpha value is -1.62. The molecule has 1 aromatic heterocycles. The molecule has 1 saturated heterocycles. The minimum Gasteiger partial charge on any atom is -0.367 e. The summed E-state index contributed by atoms with van der Waals surface area (Å²) >= 11 is 0. The Labute approximate surface area is 114 Å². The third-order valence-electron chi connectivity index (χ3n) is 3.81. The van der Waals surface area contributed by atoms with E-state index in [1.165, 1.54) is 12.8 Å². The minimum atomic E-state index is -0.429. The van der Waals surface area contributed by atoms with E-state index in [1.807, 2.05) is 6.92 Å². The Bertz CT molecular complexity index is 455. The van der Waals surface area contributed by atoms with Gasteiger partial charge in [-0.1, -0.05) is 0 Å². The Morgan fingerprint density at radius 2 is 2.42 bits per heavy atom. The second-order valence-corrected chi connectivity index (χ2v) is 5.26. The number of amides is 1. The van der Waals surface area contributed by atoms with Crippen LogP contribution in [0, 0.1) is 12.8 Å². The van der Waals surface area contributed by atoms with Gasteiger partial charge in [0, 0.05) is 12.2 Å². The zero-order valence-corrected chi connectivity index (χ0v) is 11.6. The summed E-state index contributed by atoms with van der Waals surface area (Å²) < 4.78 is 0. The molecule has 2 unspecified atom stereocenters. The van der Waals surface area contributed by atoms with Crippen LogP contribution in [0.4, 0.5) is 5.82 Å². The lowest BCUT2D eigenvalue weighted by Gasteiger charge is -2.29. The van der Waals surface area contributed by atoms with Crippen LogP contribution in [0.3, 0.4) is 0 Å². The molecule has 0 aliphatic carbocycles. The molecule has 1 fully saturated rings. The highest BCUT2D eigenvalue weighted by Gasteiger charge is 2.22. The van der Waals surface area contributed by atoms with Crippen LogP contribution in [0.25, 0.3) is 0 Å². The fourth-order valence-electron chi connectivity index (χ4n) is 2.62. The topological polar surface area (TPSA) is 80.0 Å². The quantitative estimate of drug-likeness (QED) is 0.764. The highest BCUT2D eigenvalue weighted by molar-refractivity contribution is 5.99. The van der Waals surface area contributed by atoms with Crippen molar-refractivity contribution < 1.29 is 4.79 Å². The molecule has 2 rings (SSSR count). The molecule has 0 aromatic carbocycles. The molecular formula is C14H22N4O. The number of nitrogens with one attached hydrogen (secondary N) is 2. The summed E-state index contributed by atoms with van der Waals surface area (Å²) in [6.45, 7) is 6.11. The average Bonchev–Trinajstić information content (AvgIpc) is 2.39. The second-order valence-electron chi connectivity index (χ2n) is 5.26. The number of hydrogen-bond donors (Lipinski definition) is 3. The average molecular weight is 262 g/mol. The molecule has 5 heteroatoms. The van der Waals surface area contributed by atoms with E-state index in [9.17, 15) is 4.79 Å². The highest BCUT2D eigenvalue weighted by Crippen LogP contribution is 2.21. The van der Waals surface area contributed by atoms with E-state index in [0.29, 0.717) is 17.3 Å². The first kappa shape index (κ1) is 13.8. The van der Waals surface area contributed by atoms with Crippen LogP contribution in [0.1, 0.15) is 35.7 Å². The third-order valence-corrected chi connectivity index (χ3v) is 3.81. The molecule has 1 aromatic rings. The summed E-state index contributed by atoms with van der Waals surface area (Å²) in [6, 6.07) is 2.07. The first-order valence-corrected chi connectivity index (χ1v) is 6.82. The van der Waals surface area contributed by atoms with Crippen molar-refractivity contribution in [2.75, 3.05) is 18.4 Å². The van der Waals surface area contributed by atoms with Crippen molar-refractivity contribution >= 4 is 11.7 Å². The Kier molecular flexibility index (Phi) is 4.37. The number of aryl methyl sites for hydroxylation is 1. The molecule has 0 saturated carbocycles. The van der Waals surface area contributed by atoms with Crippen LogP contribution in [-0.2, 0) is 0 Å². The Balaban J connectivity index is 2.14. The summed E-state index contributed by atoms with van der Waals surface area (Å²) in [4.78, 5) is 15.8. The first-order valence-electron chi connectivity index (χ1n) is 6.82. The standard InChI is InChI=1S/C14H22N4O/c1-9-5-7-17-14(12(9)13(15)19)18-10(2)11-4-3-6-16-8-11/h5,7,10-11,16H,3-4,6,8H2,1-2H3,(H2,15,19)(H,17,18). The van der Waals surface area contributed by atoms with Gasteiger partial charge in [-0.05, 0) is 57.3 Å². The maximum atomic E-state index is 11.5. The molecule has 104 valence electrons. The van der Waals surface area contributed by atoms with Gasteiger partial charge in [0.05, 0.1) is 5.56 Å². The van der Waals surface area contributed by atoms with Crippen molar-refractivity contribution in [1.29, 1.82) is 0 Å². The van der Waals surface area contributed by atoms with E-state index in [-0.39, 0.29) is 6.04 Å². The van der Waals surface area contributed by atoms with Crippen LogP contribution < -0.4 is 16.4 Å². The predicted octanol–water partition coefficient (Wildman–Crippen LogP) is 1.29. The number of primary amides is 1. The minimum absolute atomic E-state index is 0.264. The van der Waals surface area contributed by atoms with Gasteiger partial charge in [0.1, 0.15) is 5.82 Å². The number of carbonyl (C=O) groups is 1. The largest absolute Gasteiger partial charge is 0.367 e. The molecule has 0 radical (unpaired) electrons. The van der Waals surface area contributed by atoms with Crippen LogP contribution >= 0.6 is 0 Å². The SMILES string of the molecule is Cc1ccnc(NC(C)C2CCCNC2)c1C(N)=O. The van der Waals surface area contributed by atoms with Crippen molar-refractivity contribution in [3.05, 3.63) is 23.4 Å². The predicted molar refractivity (Wildman–Crippen MR) is 76.2 cm³/mol. The van der Waals surface area contributed by atoms with Gasteiger partial charge in [-0.25, -0.2) is 4.98 Å². The molecule has 5 nitrogen and oxygen atoms in total. The number of nitrogens with zero attached hydrogens (tertiary/aromatic N) is 1. The van der Waals surface area contributed by atoms with E-state index in [4.69, 9.17) is 5.73 Å². The molecule has 1 amide bonds. The van der Waals surface area contributed by atoms with Gasteiger partial charge in [0.25, 0.3) is 5.91 Å². The van der Waals surface area contributed by atoms with Gasteiger partial charge in [-0.3, -0.25) is 4.79 Å². The highest BCUT2D eigenvalue weighted by atomic mass is 16.1. The number of nitrogens with two attached hydrogens (primary N) is 1. The number of aromatic nitrogens is 1. The number of rotatable bonds is 4. The molecule has 0 spiro atoms. The van der Waals surface area contributed by atoms with E-state index >= 15 is 0 Å². The van der Waals surface area contributed by atoms with Crippen LogP contribution in [0.5, 0.6) is 0 Å². The first-order chi connectivity index (χ1) is 9.09. The van der Waals surface area contributed by atoms with E-state index in [0.717, 1.165) is 18.7 Å². The number of piperidine rings is 1. The molecule has 4 N–H and O–H groups in total. The van der Waals surface area contributed by atoms with E-state index in [1.54, 1.807) is 12.3 Å². The molecular weight excluding hydrogens is 240 g/mol.